The molecule has 2 fully saturated rings. The molecule has 2 aliphatic heterocycles. The molecule has 0 aromatic rings. The van der Waals surface area contributed by atoms with Crippen molar-refractivity contribution in [2.24, 2.45) is 11.7 Å². The van der Waals surface area contributed by atoms with Crippen molar-refractivity contribution in [2.45, 2.75) is 50.5 Å². The van der Waals surface area contributed by atoms with E-state index in [1.54, 1.807) is 0 Å². The van der Waals surface area contributed by atoms with Crippen LogP contribution in [-0.2, 0) is 0 Å². The van der Waals surface area contributed by atoms with Gasteiger partial charge in [-0.15, -0.1) is 0 Å². The Balaban J connectivity index is 1.67. The molecule has 2 aliphatic rings. The maximum atomic E-state index is 8.87. The molecule has 0 aromatic heterocycles. The van der Waals surface area contributed by atoms with E-state index >= 15 is 0 Å². The number of piperidine rings is 1. The topological polar surface area (TPSA) is 81.8 Å². The maximum Gasteiger partial charge on any atom is 0.451 e. The van der Waals surface area contributed by atoms with Crippen LogP contribution in [0.3, 0.4) is 0 Å². The maximum absolute atomic E-state index is 8.87. The van der Waals surface area contributed by atoms with Gasteiger partial charge in [0.2, 0.25) is 0 Å². The molecule has 6 heteroatoms. The Kier molecular flexibility index (Phi) is 6.10. The highest BCUT2D eigenvalue weighted by Crippen LogP contribution is 2.22. The summed E-state index contributed by atoms with van der Waals surface area (Å²) in [5.41, 5.74) is 6.20. The number of nitrogens with zero attached hydrogens (tertiary/aromatic N) is 1. The van der Waals surface area contributed by atoms with Crippen molar-refractivity contribution in [1.82, 2.24) is 10.2 Å². The lowest BCUT2D eigenvalue weighted by atomic mass is 9.82. The third kappa shape index (κ3) is 5.04. The quantitative estimate of drug-likeness (QED) is 0.495. The smallest absolute Gasteiger partial charge is 0.427 e. The SMILES string of the molecule is N[C@H]1CN(CC2CCCCN2)C[C@@H]1CCCB(O)O. The monoisotopic (exact) mass is 269 g/mol. The molecule has 5 nitrogen and oxygen atoms in total. The lowest BCUT2D eigenvalue weighted by molar-refractivity contribution is 0.254. The first-order valence-corrected chi connectivity index (χ1v) is 7.72. The molecular weight excluding hydrogens is 241 g/mol. The Morgan fingerprint density at radius 3 is 2.79 bits per heavy atom. The summed E-state index contributed by atoms with van der Waals surface area (Å²) in [4.78, 5) is 2.48. The summed E-state index contributed by atoms with van der Waals surface area (Å²) < 4.78 is 0. The normalized spacial score (nSPS) is 32.7. The van der Waals surface area contributed by atoms with Crippen molar-refractivity contribution in [3.63, 3.8) is 0 Å². The Morgan fingerprint density at radius 1 is 1.26 bits per heavy atom. The van der Waals surface area contributed by atoms with E-state index in [0.29, 0.717) is 18.3 Å². The molecule has 0 bridgehead atoms. The van der Waals surface area contributed by atoms with Crippen LogP contribution >= 0.6 is 0 Å². The fraction of sp³-hybridized carbons (Fsp3) is 1.00. The third-order valence-electron chi connectivity index (χ3n) is 4.50. The minimum absolute atomic E-state index is 0.249. The average molecular weight is 269 g/mol. The minimum atomic E-state index is -1.17. The van der Waals surface area contributed by atoms with Crippen molar-refractivity contribution in [2.75, 3.05) is 26.2 Å². The summed E-state index contributed by atoms with van der Waals surface area (Å²) >= 11 is 0. The third-order valence-corrected chi connectivity index (χ3v) is 4.50. The van der Waals surface area contributed by atoms with Gasteiger partial charge in [0.1, 0.15) is 0 Å². The van der Waals surface area contributed by atoms with Gasteiger partial charge in [-0.3, -0.25) is 4.90 Å². The minimum Gasteiger partial charge on any atom is -0.427 e. The fourth-order valence-electron chi connectivity index (χ4n) is 3.40. The highest BCUT2D eigenvalue weighted by molar-refractivity contribution is 6.40. The first-order chi connectivity index (χ1) is 9.15. The second kappa shape index (κ2) is 7.60. The van der Waals surface area contributed by atoms with Gasteiger partial charge in [0.15, 0.2) is 0 Å². The van der Waals surface area contributed by atoms with Gasteiger partial charge in [-0.1, -0.05) is 12.8 Å². The van der Waals surface area contributed by atoms with E-state index in [2.05, 4.69) is 10.2 Å². The molecule has 19 heavy (non-hydrogen) atoms. The van der Waals surface area contributed by atoms with E-state index in [9.17, 15) is 0 Å². The van der Waals surface area contributed by atoms with Crippen molar-refractivity contribution < 1.29 is 10.0 Å². The van der Waals surface area contributed by atoms with Gasteiger partial charge in [-0.2, -0.15) is 0 Å². The van der Waals surface area contributed by atoms with E-state index in [0.717, 1.165) is 39.0 Å². The van der Waals surface area contributed by atoms with Gasteiger partial charge in [0, 0.05) is 31.7 Å². The number of nitrogens with one attached hydrogen (secondary N) is 1. The van der Waals surface area contributed by atoms with E-state index in [-0.39, 0.29) is 6.04 Å². The van der Waals surface area contributed by atoms with Crippen LogP contribution in [0, 0.1) is 5.92 Å². The molecule has 3 atom stereocenters. The molecule has 0 amide bonds. The molecule has 0 radical (unpaired) electrons. The Bertz CT molecular complexity index is 262. The van der Waals surface area contributed by atoms with E-state index in [1.165, 1.54) is 19.3 Å². The van der Waals surface area contributed by atoms with Gasteiger partial charge < -0.3 is 21.1 Å². The molecule has 110 valence electrons. The van der Waals surface area contributed by atoms with Crippen molar-refractivity contribution in [3.8, 4) is 0 Å². The molecule has 0 saturated carbocycles. The van der Waals surface area contributed by atoms with Crippen molar-refractivity contribution >= 4 is 7.12 Å². The fourth-order valence-corrected chi connectivity index (χ4v) is 3.40. The zero-order valence-electron chi connectivity index (χ0n) is 11.8. The first kappa shape index (κ1) is 15.3. The van der Waals surface area contributed by atoms with Gasteiger partial charge in [0.25, 0.3) is 0 Å². The van der Waals surface area contributed by atoms with Crippen LogP contribution in [0.25, 0.3) is 0 Å². The molecule has 0 aliphatic carbocycles. The number of rotatable bonds is 6. The van der Waals surface area contributed by atoms with E-state index in [1.807, 2.05) is 0 Å². The lowest BCUT2D eigenvalue weighted by Crippen LogP contribution is -2.43. The predicted molar refractivity (Wildman–Crippen MR) is 77.8 cm³/mol. The summed E-state index contributed by atoms with van der Waals surface area (Å²) in [6, 6.07) is 0.887. The largest absolute Gasteiger partial charge is 0.451 e. The van der Waals surface area contributed by atoms with Crippen LogP contribution < -0.4 is 11.1 Å². The number of hydrogen-bond acceptors (Lipinski definition) is 5. The Labute approximate surface area is 116 Å². The van der Waals surface area contributed by atoms with E-state index < -0.39 is 7.12 Å². The molecule has 5 N–H and O–H groups in total. The lowest BCUT2D eigenvalue weighted by Gasteiger charge is -2.28. The Morgan fingerprint density at radius 2 is 2.11 bits per heavy atom. The number of nitrogens with two attached hydrogens (primary N) is 1. The summed E-state index contributed by atoms with van der Waals surface area (Å²) in [7, 11) is -1.17. The van der Waals surface area contributed by atoms with Gasteiger partial charge >= 0.3 is 7.12 Å². The highest BCUT2D eigenvalue weighted by Gasteiger charge is 2.31. The van der Waals surface area contributed by atoms with Crippen LogP contribution in [0.5, 0.6) is 0 Å². The number of hydrogen-bond donors (Lipinski definition) is 4. The second-order valence-corrected chi connectivity index (χ2v) is 6.20. The highest BCUT2D eigenvalue weighted by atomic mass is 16.4. The van der Waals surface area contributed by atoms with E-state index in [4.69, 9.17) is 15.8 Å². The standard InChI is InChI=1S/C13H28BN3O2/c15-13-10-17(9-12-5-1-2-7-16-12)8-11(13)4-3-6-14(18)19/h11-13,16,18-19H,1-10,15H2/t11-,12?,13-/m0/s1. The zero-order chi connectivity index (χ0) is 13.7. The molecule has 2 saturated heterocycles. The molecule has 2 heterocycles. The summed E-state index contributed by atoms with van der Waals surface area (Å²) in [6.07, 6.45) is 6.26. The van der Waals surface area contributed by atoms with Gasteiger partial charge in [-0.25, -0.2) is 0 Å². The zero-order valence-corrected chi connectivity index (χ0v) is 11.8. The first-order valence-electron chi connectivity index (χ1n) is 7.72. The average Bonchev–Trinajstić information content (AvgIpc) is 2.70. The summed E-state index contributed by atoms with van der Waals surface area (Å²) in [5, 5.41) is 21.3. The van der Waals surface area contributed by atoms with Crippen LogP contribution in [0.15, 0.2) is 0 Å². The molecule has 2 rings (SSSR count). The van der Waals surface area contributed by atoms with Gasteiger partial charge in [0.05, 0.1) is 0 Å². The predicted octanol–water partition coefficient (Wildman–Crippen LogP) is -0.359. The second-order valence-electron chi connectivity index (χ2n) is 6.20. The van der Waals surface area contributed by atoms with Crippen LogP contribution in [-0.4, -0.2) is 60.3 Å². The Hall–Kier alpha value is -0.135. The van der Waals surface area contributed by atoms with Crippen molar-refractivity contribution in [3.05, 3.63) is 0 Å². The molecular formula is C13H28BN3O2. The summed E-state index contributed by atoms with van der Waals surface area (Å²) in [6.45, 7) is 4.33. The number of likely N-dealkylation sites (tertiary alicyclic amines) is 1. The van der Waals surface area contributed by atoms with Crippen LogP contribution in [0.1, 0.15) is 32.1 Å². The molecule has 1 unspecified atom stereocenters. The molecule has 0 spiro atoms. The van der Waals surface area contributed by atoms with Crippen LogP contribution in [0.4, 0.5) is 0 Å². The molecule has 0 aromatic carbocycles. The van der Waals surface area contributed by atoms with Gasteiger partial charge in [-0.05, 0) is 38.0 Å². The summed E-state index contributed by atoms with van der Waals surface area (Å²) in [5.74, 6) is 0.516. The van der Waals surface area contributed by atoms with Crippen LogP contribution in [0.2, 0.25) is 6.32 Å². The van der Waals surface area contributed by atoms with Crippen molar-refractivity contribution in [1.29, 1.82) is 0 Å².